The predicted octanol–water partition coefficient (Wildman–Crippen LogP) is 3.06. The van der Waals surface area contributed by atoms with Crippen LogP contribution in [0.15, 0.2) is 42.5 Å². The van der Waals surface area contributed by atoms with Gasteiger partial charge in [0.25, 0.3) is 0 Å². The molecule has 20 heavy (non-hydrogen) atoms. The van der Waals surface area contributed by atoms with Gasteiger partial charge in [-0.3, -0.25) is 0 Å². The van der Waals surface area contributed by atoms with E-state index in [0.29, 0.717) is 17.7 Å². The molecular formula is C16H17FO3. The molecule has 0 saturated heterocycles. The smallest absolute Gasteiger partial charge is 0.165 e. The van der Waals surface area contributed by atoms with Crippen LogP contribution in [0.1, 0.15) is 22.8 Å². The molecule has 0 bridgehead atoms. The summed E-state index contributed by atoms with van der Waals surface area (Å²) in [5, 5.41) is 10.4. The normalized spacial score (nSPS) is 12.2. The lowest BCUT2D eigenvalue weighted by molar-refractivity contribution is 0.176. The summed E-state index contributed by atoms with van der Waals surface area (Å²) < 4.78 is 23.7. The molecule has 3 nitrogen and oxygen atoms in total. The van der Waals surface area contributed by atoms with E-state index < -0.39 is 11.9 Å². The summed E-state index contributed by atoms with van der Waals surface area (Å²) in [5.41, 5.74) is 2.06. The maximum absolute atomic E-state index is 13.7. The van der Waals surface area contributed by atoms with Crippen LogP contribution < -0.4 is 4.74 Å². The number of ether oxygens (including phenoxy) is 2. The van der Waals surface area contributed by atoms with Crippen LogP contribution in [0.2, 0.25) is 0 Å². The molecule has 1 unspecified atom stereocenters. The number of hydrogen-bond donors (Lipinski definition) is 1. The first-order chi connectivity index (χ1) is 9.67. The molecule has 106 valence electrons. The van der Waals surface area contributed by atoms with Crippen molar-refractivity contribution in [2.75, 3.05) is 14.2 Å². The second-order valence-corrected chi connectivity index (χ2v) is 4.43. The molecule has 0 heterocycles. The van der Waals surface area contributed by atoms with Crippen molar-refractivity contribution in [2.24, 2.45) is 0 Å². The van der Waals surface area contributed by atoms with Crippen molar-refractivity contribution in [3.63, 3.8) is 0 Å². The van der Waals surface area contributed by atoms with Gasteiger partial charge in [0.15, 0.2) is 11.6 Å². The lowest BCUT2D eigenvalue weighted by Gasteiger charge is -2.16. The summed E-state index contributed by atoms with van der Waals surface area (Å²) in [6.07, 6.45) is -0.901. The number of aliphatic hydroxyl groups excluding tert-OH is 1. The van der Waals surface area contributed by atoms with E-state index in [1.807, 2.05) is 18.2 Å². The fraction of sp³-hybridized carbons (Fsp3) is 0.250. The van der Waals surface area contributed by atoms with Crippen LogP contribution in [0.3, 0.4) is 0 Å². The van der Waals surface area contributed by atoms with Crippen LogP contribution in [0, 0.1) is 5.82 Å². The number of rotatable bonds is 5. The molecule has 0 saturated carbocycles. The van der Waals surface area contributed by atoms with Crippen LogP contribution in [0.4, 0.5) is 4.39 Å². The zero-order valence-electron chi connectivity index (χ0n) is 11.5. The Morgan fingerprint density at radius 1 is 1.15 bits per heavy atom. The Hall–Kier alpha value is -1.91. The van der Waals surface area contributed by atoms with Gasteiger partial charge in [-0.25, -0.2) is 4.39 Å². The van der Waals surface area contributed by atoms with Gasteiger partial charge in [-0.1, -0.05) is 30.3 Å². The van der Waals surface area contributed by atoms with Gasteiger partial charge in [-0.15, -0.1) is 0 Å². The third kappa shape index (κ3) is 2.98. The van der Waals surface area contributed by atoms with Gasteiger partial charge in [0.1, 0.15) is 6.10 Å². The first kappa shape index (κ1) is 14.5. The largest absolute Gasteiger partial charge is 0.494 e. The van der Waals surface area contributed by atoms with Gasteiger partial charge in [0, 0.05) is 7.11 Å². The fourth-order valence-electron chi connectivity index (χ4n) is 2.12. The number of aliphatic hydroxyl groups is 1. The van der Waals surface area contributed by atoms with Gasteiger partial charge < -0.3 is 14.6 Å². The van der Waals surface area contributed by atoms with Crippen molar-refractivity contribution in [3.05, 3.63) is 65.0 Å². The average Bonchev–Trinajstić information content (AvgIpc) is 2.47. The second kappa shape index (κ2) is 6.50. The van der Waals surface area contributed by atoms with Crippen molar-refractivity contribution in [1.82, 2.24) is 0 Å². The average molecular weight is 276 g/mol. The summed E-state index contributed by atoms with van der Waals surface area (Å²) in [4.78, 5) is 0. The van der Waals surface area contributed by atoms with Gasteiger partial charge in [0.05, 0.1) is 13.7 Å². The van der Waals surface area contributed by atoms with Crippen LogP contribution in [-0.2, 0) is 11.3 Å². The molecule has 0 aromatic heterocycles. The minimum absolute atomic E-state index is 0.158. The Bertz CT molecular complexity index is 584. The molecule has 4 heteroatoms. The molecule has 1 atom stereocenters. The molecule has 2 aromatic rings. The van der Waals surface area contributed by atoms with E-state index in [9.17, 15) is 9.50 Å². The van der Waals surface area contributed by atoms with Gasteiger partial charge >= 0.3 is 0 Å². The Kier molecular flexibility index (Phi) is 4.71. The Morgan fingerprint density at radius 3 is 2.55 bits per heavy atom. The Morgan fingerprint density at radius 2 is 1.90 bits per heavy atom. The van der Waals surface area contributed by atoms with Crippen LogP contribution in [-0.4, -0.2) is 19.3 Å². The van der Waals surface area contributed by atoms with Crippen molar-refractivity contribution in [1.29, 1.82) is 0 Å². The molecular weight excluding hydrogens is 259 g/mol. The van der Waals surface area contributed by atoms with Crippen LogP contribution in [0.5, 0.6) is 5.75 Å². The second-order valence-electron chi connectivity index (χ2n) is 4.43. The molecule has 0 radical (unpaired) electrons. The van der Waals surface area contributed by atoms with Gasteiger partial charge in [0.2, 0.25) is 0 Å². The summed E-state index contributed by atoms with van der Waals surface area (Å²) in [6.45, 7) is 0.395. The minimum Gasteiger partial charge on any atom is -0.494 e. The quantitative estimate of drug-likeness (QED) is 0.912. The number of halogens is 1. The van der Waals surface area contributed by atoms with Gasteiger partial charge in [-0.2, -0.15) is 0 Å². The van der Waals surface area contributed by atoms with E-state index in [1.165, 1.54) is 19.2 Å². The molecule has 1 N–H and O–H groups in total. The maximum atomic E-state index is 13.7. The predicted molar refractivity (Wildman–Crippen MR) is 74.2 cm³/mol. The molecule has 0 aliphatic rings. The standard InChI is InChI=1S/C16H17FO3/c1-19-10-12-5-3-4-6-13(12)16(18)11-7-8-15(20-2)14(17)9-11/h3-9,16,18H,10H2,1-2H3. The monoisotopic (exact) mass is 276 g/mol. The highest BCUT2D eigenvalue weighted by Gasteiger charge is 2.16. The summed E-state index contributed by atoms with van der Waals surface area (Å²) in [7, 11) is 3.00. The zero-order chi connectivity index (χ0) is 14.5. The zero-order valence-corrected chi connectivity index (χ0v) is 11.5. The molecule has 0 aliphatic carbocycles. The SMILES string of the molecule is COCc1ccccc1C(O)c1ccc(OC)c(F)c1. The third-order valence-electron chi connectivity index (χ3n) is 3.14. The van der Waals surface area contributed by atoms with E-state index >= 15 is 0 Å². The topological polar surface area (TPSA) is 38.7 Å². The molecule has 0 amide bonds. The van der Waals surface area contributed by atoms with Crippen molar-refractivity contribution >= 4 is 0 Å². The van der Waals surface area contributed by atoms with Crippen molar-refractivity contribution < 1.29 is 19.0 Å². The number of benzene rings is 2. The summed E-state index contributed by atoms with van der Waals surface area (Å²) in [6, 6.07) is 11.8. The van der Waals surface area contributed by atoms with E-state index in [4.69, 9.17) is 9.47 Å². The van der Waals surface area contributed by atoms with E-state index in [1.54, 1.807) is 19.2 Å². The van der Waals surface area contributed by atoms with Crippen molar-refractivity contribution in [2.45, 2.75) is 12.7 Å². The highest BCUT2D eigenvalue weighted by Crippen LogP contribution is 2.28. The highest BCUT2D eigenvalue weighted by molar-refractivity contribution is 5.38. The van der Waals surface area contributed by atoms with E-state index in [0.717, 1.165) is 5.56 Å². The summed E-state index contributed by atoms with van der Waals surface area (Å²) in [5.74, 6) is -0.334. The third-order valence-corrected chi connectivity index (χ3v) is 3.14. The minimum atomic E-state index is -0.901. The molecule has 2 rings (SSSR count). The first-order valence-corrected chi connectivity index (χ1v) is 6.25. The Labute approximate surface area is 117 Å². The highest BCUT2D eigenvalue weighted by atomic mass is 19.1. The van der Waals surface area contributed by atoms with E-state index in [2.05, 4.69) is 0 Å². The molecule has 0 fully saturated rings. The molecule has 0 aliphatic heterocycles. The van der Waals surface area contributed by atoms with Crippen LogP contribution in [0.25, 0.3) is 0 Å². The Balaban J connectivity index is 2.36. The number of methoxy groups -OCH3 is 2. The fourth-order valence-corrected chi connectivity index (χ4v) is 2.12. The first-order valence-electron chi connectivity index (χ1n) is 6.25. The lowest BCUT2D eigenvalue weighted by atomic mass is 9.97. The van der Waals surface area contributed by atoms with Gasteiger partial charge in [-0.05, 0) is 28.8 Å². The van der Waals surface area contributed by atoms with Crippen LogP contribution >= 0.6 is 0 Å². The lowest BCUT2D eigenvalue weighted by Crippen LogP contribution is -2.05. The molecule has 2 aromatic carbocycles. The number of hydrogen-bond acceptors (Lipinski definition) is 3. The maximum Gasteiger partial charge on any atom is 0.165 e. The molecule has 0 spiro atoms. The summed E-state index contributed by atoms with van der Waals surface area (Å²) >= 11 is 0. The van der Waals surface area contributed by atoms with E-state index in [-0.39, 0.29) is 5.75 Å². The van der Waals surface area contributed by atoms with Crippen molar-refractivity contribution in [3.8, 4) is 5.75 Å².